The molecule has 1 aromatic carbocycles. The molecule has 3 heterocycles. The molecule has 1 aliphatic carbocycles. The summed E-state index contributed by atoms with van der Waals surface area (Å²) in [6, 6.07) is 13.8. The summed E-state index contributed by atoms with van der Waals surface area (Å²) < 4.78 is 2.34. The van der Waals surface area contributed by atoms with Crippen LogP contribution in [0.2, 0.25) is 0 Å². The zero-order valence-electron chi connectivity index (χ0n) is 22.5. The zero-order chi connectivity index (χ0) is 27.0. The minimum Gasteiger partial charge on any atom is -0.478 e. The molecule has 38 heavy (non-hydrogen) atoms. The number of carboxylic acid groups (broad SMARTS) is 1. The first kappa shape index (κ1) is 25.6. The van der Waals surface area contributed by atoms with Crippen molar-refractivity contribution in [1.82, 2.24) is 14.5 Å². The maximum atomic E-state index is 11.6. The average molecular weight is 507 g/mol. The van der Waals surface area contributed by atoms with Gasteiger partial charge in [0.05, 0.1) is 28.3 Å². The lowest BCUT2D eigenvalue weighted by Crippen LogP contribution is -2.19. The maximum absolute atomic E-state index is 11.6. The summed E-state index contributed by atoms with van der Waals surface area (Å²) in [5, 5.41) is 18.0. The van der Waals surface area contributed by atoms with Gasteiger partial charge in [-0.25, -0.2) is 4.79 Å². The Morgan fingerprint density at radius 2 is 1.84 bits per heavy atom. The Hall–Kier alpha value is -4.06. The molecule has 1 unspecified atom stereocenters. The highest BCUT2D eigenvalue weighted by atomic mass is 16.4. The number of hydrogen-bond donors (Lipinski definition) is 2. The van der Waals surface area contributed by atoms with Crippen LogP contribution in [0.15, 0.2) is 66.6 Å². The van der Waals surface area contributed by atoms with Crippen molar-refractivity contribution in [2.45, 2.75) is 59.4 Å². The van der Waals surface area contributed by atoms with Gasteiger partial charge < -0.3 is 15.1 Å². The number of aromatic carboxylic acids is 1. The third-order valence-electron chi connectivity index (χ3n) is 7.74. The Labute approximate surface area is 223 Å². The Balaban J connectivity index is 1.79. The second-order valence-corrected chi connectivity index (χ2v) is 10.6. The average Bonchev–Trinajstić information content (AvgIpc) is 3.53. The predicted molar refractivity (Wildman–Crippen MR) is 153 cm³/mol. The predicted octanol–water partition coefficient (Wildman–Crippen LogP) is 7.72. The second kappa shape index (κ2) is 10.4. The first-order chi connectivity index (χ1) is 18.3. The molecule has 1 fully saturated rings. The van der Waals surface area contributed by atoms with Gasteiger partial charge in [-0.3, -0.25) is 9.97 Å². The lowest BCUT2D eigenvalue weighted by molar-refractivity contribution is 0.0696. The van der Waals surface area contributed by atoms with Gasteiger partial charge in [0.1, 0.15) is 0 Å². The van der Waals surface area contributed by atoms with Crippen LogP contribution in [0.1, 0.15) is 79.7 Å². The van der Waals surface area contributed by atoms with Gasteiger partial charge in [0.15, 0.2) is 0 Å². The van der Waals surface area contributed by atoms with Crippen LogP contribution in [0.25, 0.3) is 27.7 Å². The first-order valence-electron chi connectivity index (χ1n) is 13.3. The largest absolute Gasteiger partial charge is 0.478 e. The molecule has 1 atom stereocenters. The van der Waals surface area contributed by atoms with Crippen LogP contribution in [0, 0.1) is 18.3 Å². The van der Waals surface area contributed by atoms with E-state index in [1.807, 2.05) is 64.4 Å². The third-order valence-corrected chi connectivity index (χ3v) is 7.74. The van der Waals surface area contributed by atoms with E-state index >= 15 is 0 Å². The Morgan fingerprint density at radius 1 is 1.08 bits per heavy atom. The minimum atomic E-state index is -0.924. The van der Waals surface area contributed by atoms with E-state index in [1.54, 1.807) is 6.07 Å². The van der Waals surface area contributed by atoms with E-state index in [0.717, 1.165) is 63.0 Å². The van der Waals surface area contributed by atoms with Crippen LogP contribution < -0.4 is 0 Å². The summed E-state index contributed by atoms with van der Waals surface area (Å²) in [5.41, 5.74) is 9.27. The quantitative estimate of drug-likeness (QED) is 0.251. The standard InChI is InChI=1S/C32H34N4O2/c1-19(2)29(21(4)33)24-16-28-30(35-17-24)26(23-12-13-25(32(37)38)20(3)15-23)18-36(28)31(22-9-5-6-10-22)27-11-7-8-14-34-27/h7-8,11-18,22,31,33H,5-6,9-10H2,1-4H3,(H,37,38). The van der Waals surface area contributed by atoms with Crippen LogP contribution in [-0.4, -0.2) is 31.3 Å². The molecule has 3 aromatic heterocycles. The fourth-order valence-electron chi connectivity index (χ4n) is 6.09. The van der Waals surface area contributed by atoms with Crippen molar-refractivity contribution in [3.63, 3.8) is 0 Å². The maximum Gasteiger partial charge on any atom is 0.335 e. The number of allylic oxidation sites excluding steroid dienone is 2. The van der Waals surface area contributed by atoms with Gasteiger partial charge in [-0.15, -0.1) is 0 Å². The number of aryl methyl sites for hydroxylation is 1. The molecule has 4 aromatic rings. The smallest absolute Gasteiger partial charge is 0.335 e. The molecule has 194 valence electrons. The Bertz CT molecular complexity index is 1560. The van der Waals surface area contributed by atoms with Crippen molar-refractivity contribution >= 4 is 28.3 Å². The fourth-order valence-corrected chi connectivity index (χ4v) is 6.09. The molecule has 0 radical (unpaired) electrons. The number of benzene rings is 1. The molecule has 0 aliphatic heterocycles. The highest BCUT2D eigenvalue weighted by Gasteiger charge is 2.31. The van der Waals surface area contributed by atoms with Crippen LogP contribution in [0.3, 0.4) is 0 Å². The van der Waals surface area contributed by atoms with E-state index in [-0.39, 0.29) is 6.04 Å². The SMILES string of the molecule is CC(=N)C(=C(C)C)c1cnc2c(-c3ccc(C(=O)O)c(C)c3)cn(C(c3ccccn3)C3CCCC3)c2c1. The molecular formula is C32H34N4O2. The van der Waals surface area contributed by atoms with E-state index in [1.165, 1.54) is 12.8 Å². The van der Waals surface area contributed by atoms with Gasteiger partial charge in [0.2, 0.25) is 0 Å². The van der Waals surface area contributed by atoms with Crippen molar-refractivity contribution in [2.24, 2.45) is 5.92 Å². The molecule has 1 aliphatic rings. The Morgan fingerprint density at radius 3 is 2.45 bits per heavy atom. The molecular weight excluding hydrogens is 472 g/mol. The Kier molecular flexibility index (Phi) is 6.98. The summed E-state index contributed by atoms with van der Waals surface area (Å²) in [4.78, 5) is 21.4. The summed E-state index contributed by atoms with van der Waals surface area (Å²) in [6.45, 7) is 7.72. The number of rotatable bonds is 7. The highest BCUT2D eigenvalue weighted by molar-refractivity contribution is 6.22. The minimum absolute atomic E-state index is 0.0580. The number of pyridine rings is 2. The lowest BCUT2D eigenvalue weighted by atomic mass is 9.94. The molecule has 2 N–H and O–H groups in total. The van der Waals surface area contributed by atoms with Gasteiger partial charge in [0, 0.05) is 41.0 Å². The summed E-state index contributed by atoms with van der Waals surface area (Å²) in [5.74, 6) is -0.465. The van der Waals surface area contributed by atoms with E-state index < -0.39 is 5.97 Å². The molecule has 0 amide bonds. The number of carboxylic acids is 1. The molecule has 6 nitrogen and oxygen atoms in total. The number of nitrogens with one attached hydrogen (secondary N) is 1. The highest BCUT2D eigenvalue weighted by Crippen LogP contribution is 2.42. The van der Waals surface area contributed by atoms with Crippen molar-refractivity contribution < 1.29 is 9.90 Å². The van der Waals surface area contributed by atoms with Crippen molar-refractivity contribution in [1.29, 1.82) is 5.41 Å². The lowest BCUT2D eigenvalue weighted by Gasteiger charge is -2.26. The van der Waals surface area contributed by atoms with Crippen molar-refractivity contribution in [3.05, 3.63) is 89.0 Å². The van der Waals surface area contributed by atoms with Gasteiger partial charge in [-0.05, 0) is 81.8 Å². The first-order valence-corrected chi connectivity index (χ1v) is 13.3. The summed E-state index contributed by atoms with van der Waals surface area (Å²) in [6.07, 6.45) is 10.6. The number of carbonyl (C=O) groups is 1. The van der Waals surface area contributed by atoms with E-state index in [2.05, 4.69) is 22.9 Å². The third kappa shape index (κ3) is 4.67. The summed E-state index contributed by atoms with van der Waals surface area (Å²) in [7, 11) is 0. The molecule has 6 heteroatoms. The van der Waals surface area contributed by atoms with Gasteiger partial charge in [-0.2, -0.15) is 0 Å². The van der Waals surface area contributed by atoms with Crippen molar-refractivity contribution in [2.75, 3.05) is 0 Å². The molecule has 0 saturated heterocycles. The van der Waals surface area contributed by atoms with E-state index in [0.29, 0.717) is 17.2 Å². The summed E-state index contributed by atoms with van der Waals surface area (Å²) >= 11 is 0. The van der Waals surface area contributed by atoms with Crippen LogP contribution >= 0.6 is 0 Å². The molecule has 0 bridgehead atoms. The molecule has 5 rings (SSSR count). The monoisotopic (exact) mass is 506 g/mol. The van der Waals surface area contributed by atoms with Crippen molar-refractivity contribution in [3.8, 4) is 11.1 Å². The molecule has 0 spiro atoms. The zero-order valence-corrected chi connectivity index (χ0v) is 22.5. The normalized spacial score (nSPS) is 14.5. The van der Waals surface area contributed by atoms with E-state index in [4.69, 9.17) is 15.4 Å². The number of hydrogen-bond acceptors (Lipinski definition) is 4. The molecule has 1 saturated carbocycles. The van der Waals surface area contributed by atoms with Crippen LogP contribution in [0.5, 0.6) is 0 Å². The van der Waals surface area contributed by atoms with Gasteiger partial charge in [-0.1, -0.05) is 36.6 Å². The van der Waals surface area contributed by atoms with E-state index in [9.17, 15) is 9.90 Å². The topological polar surface area (TPSA) is 91.9 Å². The number of fused-ring (bicyclic) bond motifs is 1. The number of nitrogens with zero attached hydrogens (tertiary/aromatic N) is 3. The van der Waals surface area contributed by atoms with Gasteiger partial charge >= 0.3 is 5.97 Å². The second-order valence-electron chi connectivity index (χ2n) is 10.6. The van der Waals surface area contributed by atoms with Crippen LogP contribution in [0.4, 0.5) is 0 Å². The van der Waals surface area contributed by atoms with Crippen LogP contribution in [-0.2, 0) is 0 Å². The number of aromatic nitrogens is 3. The fraction of sp³-hybridized carbons (Fsp3) is 0.312. The van der Waals surface area contributed by atoms with Gasteiger partial charge in [0.25, 0.3) is 0 Å².